The molecule has 0 atom stereocenters. The van der Waals surface area contributed by atoms with Gasteiger partial charge in [0.15, 0.2) is 26.3 Å². The highest BCUT2D eigenvalue weighted by Gasteiger charge is 2.12. The zero-order chi connectivity index (χ0) is 21.1. The minimum absolute atomic E-state index is 0.0181. The first-order chi connectivity index (χ1) is 14.5. The highest BCUT2D eigenvalue weighted by Crippen LogP contribution is 2.23. The van der Waals surface area contributed by atoms with Crippen molar-refractivity contribution in [3.63, 3.8) is 0 Å². The number of ether oxygens (including phenoxy) is 1. The predicted molar refractivity (Wildman–Crippen MR) is 112 cm³/mol. The van der Waals surface area contributed by atoms with Crippen LogP contribution in [0, 0.1) is 0 Å². The lowest BCUT2D eigenvalue weighted by atomic mass is 10.3. The minimum Gasteiger partial charge on any atom is -0.497 e. The molecule has 0 fully saturated rings. The first-order valence-corrected chi connectivity index (χ1v) is 10.6. The summed E-state index contributed by atoms with van der Waals surface area (Å²) in [6.07, 6.45) is 7.05. The van der Waals surface area contributed by atoms with Crippen molar-refractivity contribution in [3.8, 4) is 11.4 Å². The molecule has 152 valence electrons. The van der Waals surface area contributed by atoms with E-state index in [1.807, 2.05) is 24.3 Å². The van der Waals surface area contributed by atoms with E-state index in [-0.39, 0.29) is 5.03 Å². The molecule has 1 aromatic carbocycles. The molecule has 10 nitrogen and oxygen atoms in total. The van der Waals surface area contributed by atoms with Gasteiger partial charge in [0.1, 0.15) is 12.1 Å². The standard InChI is InChI=1S/C19H17N7O3S/c1-29-15-5-3-4-14(9-15)26-19-16(11-24-26)18(21-12-22-19)25-23-10-13-6-7-20-17(8-13)30(2,27)28/h3-12H,1-2H3,(H,21,22,25)/b23-10+. The van der Waals surface area contributed by atoms with E-state index < -0.39 is 9.84 Å². The van der Waals surface area contributed by atoms with Gasteiger partial charge in [0.05, 0.1) is 30.6 Å². The van der Waals surface area contributed by atoms with Crippen LogP contribution >= 0.6 is 0 Å². The molecule has 0 aliphatic carbocycles. The van der Waals surface area contributed by atoms with E-state index in [9.17, 15) is 8.42 Å². The van der Waals surface area contributed by atoms with Crippen LogP contribution in [-0.4, -0.2) is 52.7 Å². The van der Waals surface area contributed by atoms with Crippen molar-refractivity contribution in [1.29, 1.82) is 0 Å². The van der Waals surface area contributed by atoms with Crippen LogP contribution in [0.2, 0.25) is 0 Å². The van der Waals surface area contributed by atoms with Crippen molar-refractivity contribution in [3.05, 3.63) is 60.7 Å². The first kappa shape index (κ1) is 19.5. The third-order valence-corrected chi connectivity index (χ3v) is 5.17. The van der Waals surface area contributed by atoms with Crippen molar-refractivity contribution in [2.24, 2.45) is 5.10 Å². The topological polar surface area (TPSA) is 124 Å². The van der Waals surface area contributed by atoms with Gasteiger partial charge in [-0.25, -0.2) is 28.1 Å². The molecule has 0 amide bonds. The molecule has 3 heterocycles. The third kappa shape index (κ3) is 3.96. The average Bonchev–Trinajstić information content (AvgIpc) is 3.18. The Morgan fingerprint density at radius 2 is 2.03 bits per heavy atom. The lowest BCUT2D eigenvalue weighted by Crippen LogP contribution is -2.02. The Morgan fingerprint density at radius 3 is 2.83 bits per heavy atom. The molecule has 0 saturated heterocycles. The largest absolute Gasteiger partial charge is 0.497 e. The number of pyridine rings is 1. The fraction of sp³-hybridized carbons (Fsp3) is 0.105. The zero-order valence-corrected chi connectivity index (χ0v) is 16.9. The van der Waals surface area contributed by atoms with Gasteiger partial charge in [-0.3, -0.25) is 5.43 Å². The van der Waals surface area contributed by atoms with Crippen LogP contribution in [0.25, 0.3) is 16.7 Å². The molecular formula is C19H17N7O3S. The first-order valence-electron chi connectivity index (χ1n) is 8.74. The van der Waals surface area contributed by atoms with Gasteiger partial charge in [0.25, 0.3) is 0 Å². The number of hydrogen-bond acceptors (Lipinski definition) is 9. The van der Waals surface area contributed by atoms with Crippen LogP contribution < -0.4 is 10.2 Å². The maximum atomic E-state index is 11.6. The van der Waals surface area contributed by atoms with Crippen molar-refractivity contribution < 1.29 is 13.2 Å². The number of nitrogens with zero attached hydrogens (tertiary/aromatic N) is 6. The second-order valence-corrected chi connectivity index (χ2v) is 8.25. The Bertz CT molecular complexity index is 1350. The number of aromatic nitrogens is 5. The number of benzene rings is 1. The maximum Gasteiger partial charge on any atom is 0.192 e. The van der Waals surface area contributed by atoms with Crippen molar-refractivity contribution in [1.82, 2.24) is 24.7 Å². The van der Waals surface area contributed by atoms with Crippen molar-refractivity contribution >= 4 is 32.9 Å². The monoisotopic (exact) mass is 423 g/mol. The normalized spacial score (nSPS) is 11.8. The number of hydrazone groups is 1. The van der Waals surface area contributed by atoms with Crippen molar-refractivity contribution in [2.45, 2.75) is 5.03 Å². The highest BCUT2D eigenvalue weighted by molar-refractivity contribution is 7.90. The summed E-state index contributed by atoms with van der Waals surface area (Å²) in [5, 5.41) is 9.20. The van der Waals surface area contributed by atoms with E-state index in [1.165, 1.54) is 24.8 Å². The third-order valence-electron chi connectivity index (χ3n) is 4.19. The molecule has 0 saturated carbocycles. The lowest BCUT2D eigenvalue weighted by Gasteiger charge is -2.06. The van der Waals surface area contributed by atoms with E-state index >= 15 is 0 Å². The van der Waals surface area contributed by atoms with Crippen LogP contribution in [0.5, 0.6) is 5.75 Å². The zero-order valence-electron chi connectivity index (χ0n) is 16.1. The number of nitrogens with one attached hydrogen (secondary N) is 1. The highest BCUT2D eigenvalue weighted by atomic mass is 32.2. The molecule has 0 bridgehead atoms. The smallest absolute Gasteiger partial charge is 0.192 e. The fourth-order valence-electron chi connectivity index (χ4n) is 2.74. The predicted octanol–water partition coefficient (Wildman–Crippen LogP) is 2.07. The van der Waals surface area contributed by atoms with Crippen LogP contribution in [-0.2, 0) is 9.84 Å². The number of sulfone groups is 1. The summed E-state index contributed by atoms with van der Waals surface area (Å²) in [6.45, 7) is 0. The van der Waals surface area contributed by atoms with Gasteiger partial charge in [-0.15, -0.1) is 0 Å². The second kappa shape index (κ2) is 7.87. The number of fused-ring (bicyclic) bond motifs is 1. The molecule has 4 rings (SSSR count). The minimum atomic E-state index is -3.39. The van der Waals surface area contributed by atoms with Crippen molar-refractivity contribution in [2.75, 3.05) is 18.8 Å². The van der Waals surface area contributed by atoms with Gasteiger partial charge >= 0.3 is 0 Å². The summed E-state index contributed by atoms with van der Waals surface area (Å²) in [4.78, 5) is 12.4. The van der Waals surface area contributed by atoms with Gasteiger partial charge in [-0.2, -0.15) is 10.2 Å². The quantitative estimate of drug-likeness (QED) is 0.369. The molecule has 11 heteroatoms. The average molecular weight is 423 g/mol. The van der Waals surface area contributed by atoms with Gasteiger partial charge in [0, 0.05) is 18.5 Å². The molecule has 1 N–H and O–H groups in total. The summed E-state index contributed by atoms with van der Waals surface area (Å²) < 4.78 is 30.2. The molecule has 0 aliphatic heterocycles. The van der Waals surface area contributed by atoms with Crippen LogP contribution in [0.1, 0.15) is 5.56 Å². The summed E-state index contributed by atoms with van der Waals surface area (Å²) in [7, 11) is -1.79. The summed E-state index contributed by atoms with van der Waals surface area (Å²) in [6, 6.07) is 10.5. The summed E-state index contributed by atoms with van der Waals surface area (Å²) in [5.74, 6) is 1.17. The van der Waals surface area contributed by atoms with Gasteiger partial charge in [-0.05, 0) is 29.8 Å². The molecule has 30 heavy (non-hydrogen) atoms. The molecule has 0 unspecified atom stereocenters. The summed E-state index contributed by atoms with van der Waals surface area (Å²) >= 11 is 0. The molecule has 0 spiro atoms. The Morgan fingerprint density at radius 1 is 1.17 bits per heavy atom. The number of hydrogen-bond donors (Lipinski definition) is 1. The summed E-state index contributed by atoms with van der Waals surface area (Å²) in [5.41, 5.74) is 4.82. The van der Waals surface area contributed by atoms with Crippen LogP contribution in [0.4, 0.5) is 5.82 Å². The SMILES string of the molecule is COc1cccc(-n2ncc3c(N/N=C/c4ccnc(S(C)(=O)=O)c4)ncnc32)c1. The second-order valence-electron chi connectivity index (χ2n) is 6.29. The van der Waals surface area contributed by atoms with Gasteiger partial charge in [-0.1, -0.05) is 6.07 Å². The van der Waals surface area contributed by atoms with E-state index in [0.717, 1.165) is 11.9 Å². The number of rotatable bonds is 6. The Hall–Kier alpha value is -3.86. The Labute approximate surface area is 172 Å². The lowest BCUT2D eigenvalue weighted by molar-refractivity contribution is 0.414. The number of methoxy groups -OCH3 is 1. The van der Waals surface area contributed by atoms with Gasteiger partial charge in [0.2, 0.25) is 0 Å². The Balaban J connectivity index is 1.62. The van der Waals surface area contributed by atoms with E-state index in [1.54, 1.807) is 24.1 Å². The number of anilines is 1. The molecule has 3 aromatic heterocycles. The molecule has 0 aliphatic rings. The Kier molecular flexibility index (Phi) is 5.11. The van der Waals surface area contributed by atoms with E-state index in [0.29, 0.717) is 28.2 Å². The fourth-order valence-corrected chi connectivity index (χ4v) is 3.34. The van der Waals surface area contributed by atoms with Crippen LogP contribution in [0.15, 0.2) is 65.2 Å². The van der Waals surface area contributed by atoms with E-state index in [2.05, 4.69) is 30.6 Å². The van der Waals surface area contributed by atoms with Gasteiger partial charge < -0.3 is 4.74 Å². The molecule has 0 radical (unpaired) electrons. The molecular weight excluding hydrogens is 406 g/mol. The van der Waals surface area contributed by atoms with Crippen LogP contribution in [0.3, 0.4) is 0 Å². The maximum absolute atomic E-state index is 11.6. The molecule has 4 aromatic rings. The van der Waals surface area contributed by atoms with E-state index in [4.69, 9.17) is 4.74 Å².